The summed E-state index contributed by atoms with van der Waals surface area (Å²) in [7, 11) is 0. The third-order valence-corrected chi connectivity index (χ3v) is 2.22. The molecule has 0 radical (unpaired) electrons. The molecular formula is C12H10F2N2. The smallest absolute Gasteiger partial charge is 0.133 e. The molecule has 0 atom stereocenters. The molecule has 16 heavy (non-hydrogen) atoms. The number of nitrogens with two attached hydrogens (primary N) is 2. The van der Waals surface area contributed by atoms with Gasteiger partial charge in [0.05, 0.1) is 0 Å². The van der Waals surface area contributed by atoms with E-state index in [4.69, 9.17) is 11.5 Å². The van der Waals surface area contributed by atoms with Gasteiger partial charge in [0.1, 0.15) is 11.6 Å². The second kappa shape index (κ2) is 3.81. The zero-order chi connectivity index (χ0) is 11.7. The molecule has 2 aromatic rings. The first-order valence-corrected chi connectivity index (χ1v) is 4.68. The Labute approximate surface area is 91.5 Å². The molecule has 2 rings (SSSR count). The van der Waals surface area contributed by atoms with Crippen LogP contribution >= 0.6 is 0 Å². The van der Waals surface area contributed by atoms with Crippen molar-refractivity contribution < 1.29 is 8.78 Å². The first kappa shape index (κ1) is 10.4. The van der Waals surface area contributed by atoms with E-state index in [1.165, 1.54) is 12.1 Å². The molecule has 0 spiro atoms. The predicted molar refractivity (Wildman–Crippen MR) is 60.6 cm³/mol. The maximum atomic E-state index is 13.5. The lowest BCUT2D eigenvalue weighted by molar-refractivity contribution is 0.585. The average Bonchev–Trinajstić information content (AvgIpc) is 2.15. The van der Waals surface area contributed by atoms with Gasteiger partial charge in [0.2, 0.25) is 0 Å². The summed E-state index contributed by atoms with van der Waals surface area (Å²) in [6, 6.07) is 8.13. The van der Waals surface area contributed by atoms with Crippen LogP contribution in [0.3, 0.4) is 0 Å². The predicted octanol–water partition coefficient (Wildman–Crippen LogP) is 2.80. The van der Waals surface area contributed by atoms with Crippen molar-refractivity contribution in [2.45, 2.75) is 0 Å². The molecular weight excluding hydrogens is 210 g/mol. The normalized spacial score (nSPS) is 10.4. The molecule has 82 valence electrons. The van der Waals surface area contributed by atoms with E-state index in [0.717, 1.165) is 6.07 Å². The lowest BCUT2D eigenvalue weighted by Crippen LogP contribution is -1.93. The summed E-state index contributed by atoms with van der Waals surface area (Å²) < 4.78 is 26.2. The van der Waals surface area contributed by atoms with Crippen LogP contribution < -0.4 is 11.5 Å². The molecule has 0 aliphatic heterocycles. The monoisotopic (exact) mass is 220 g/mol. The molecule has 0 aliphatic rings. The molecule has 0 aromatic heterocycles. The maximum absolute atomic E-state index is 13.5. The van der Waals surface area contributed by atoms with Crippen molar-refractivity contribution >= 4 is 11.4 Å². The van der Waals surface area contributed by atoms with Gasteiger partial charge in [-0.25, -0.2) is 8.78 Å². The van der Waals surface area contributed by atoms with Crippen LogP contribution in [0.15, 0.2) is 36.4 Å². The van der Waals surface area contributed by atoms with Crippen LogP contribution in [0.25, 0.3) is 11.1 Å². The Morgan fingerprint density at radius 2 is 1.44 bits per heavy atom. The van der Waals surface area contributed by atoms with Crippen molar-refractivity contribution in [1.82, 2.24) is 0 Å². The van der Waals surface area contributed by atoms with E-state index in [-0.39, 0.29) is 5.56 Å². The molecule has 4 N–H and O–H groups in total. The van der Waals surface area contributed by atoms with E-state index in [1.807, 2.05) is 0 Å². The molecule has 0 unspecified atom stereocenters. The number of anilines is 2. The highest BCUT2D eigenvalue weighted by Gasteiger charge is 2.07. The molecule has 0 saturated carbocycles. The van der Waals surface area contributed by atoms with E-state index >= 15 is 0 Å². The summed E-state index contributed by atoms with van der Waals surface area (Å²) in [6.45, 7) is 0. The van der Waals surface area contributed by atoms with Gasteiger partial charge in [-0.3, -0.25) is 0 Å². The van der Waals surface area contributed by atoms with E-state index in [1.54, 1.807) is 18.2 Å². The first-order valence-electron chi connectivity index (χ1n) is 4.68. The van der Waals surface area contributed by atoms with Gasteiger partial charge in [-0.2, -0.15) is 0 Å². The van der Waals surface area contributed by atoms with E-state index in [9.17, 15) is 8.78 Å². The third kappa shape index (κ3) is 1.95. The first-order chi connectivity index (χ1) is 7.56. The third-order valence-electron chi connectivity index (χ3n) is 2.22. The maximum Gasteiger partial charge on any atom is 0.133 e. The molecule has 0 fully saturated rings. The van der Waals surface area contributed by atoms with Crippen molar-refractivity contribution in [3.8, 4) is 11.1 Å². The minimum atomic E-state index is -0.634. The van der Waals surface area contributed by atoms with Gasteiger partial charge in [0.25, 0.3) is 0 Å². The molecule has 2 aromatic carbocycles. The van der Waals surface area contributed by atoms with Crippen LogP contribution in [0.4, 0.5) is 20.2 Å². The highest BCUT2D eigenvalue weighted by Crippen LogP contribution is 2.27. The van der Waals surface area contributed by atoms with Crippen molar-refractivity contribution in [2.75, 3.05) is 11.5 Å². The standard InChI is InChI=1S/C12H10F2N2/c13-8-1-2-11(12(14)5-8)7-3-9(15)6-10(16)4-7/h1-6H,15-16H2. The number of hydrogen-bond acceptors (Lipinski definition) is 2. The SMILES string of the molecule is Nc1cc(N)cc(-c2ccc(F)cc2F)c1. The lowest BCUT2D eigenvalue weighted by Gasteiger charge is -2.06. The van der Waals surface area contributed by atoms with Crippen molar-refractivity contribution in [2.24, 2.45) is 0 Å². The Morgan fingerprint density at radius 3 is 2.00 bits per heavy atom. The Kier molecular flexibility index (Phi) is 2.48. The quantitative estimate of drug-likeness (QED) is 0.726. The Hall–Kier alpha value is -2.10. The van der Waals surface area contributed by atoms with Gasteiger partial charge in [0, 0.05) is 23.0 Å². The Bertz CT molecular complexity index is 518. The van der Waals surface area contributed by atoms with Crippen molar-refractivity contribution in [3.63, 3.8) is 0 Å². The fourth-order valence-electron chi connectivity index (χ4n) is 1.56. The molecule has 0 amide bonds. The minimum absolute atomic E-state index is 0.278. The number of halogens is 2. The number of benzene rings is 2. The largest absolute Gasteiger partial charge is 0.399 e. The Morgan fingerprint density at radius 1 is 0.812 bits per heavy atom. The summed E-state index contributed by atoms with van der Waals surface area (Å²) in [5.41, 5.74) is 12.9. The average molecular weight is 220 g/mol. The van der Waals surface area contributed by atoms with Gasteiger partial charge < -0.3 is 11.5 Å². The van der Waals surface area contributed by atoms with E-state index < -0.39 is 11.6 Å². The highest BCUT2D eigenvalue weighted by atomic mass is 19.1. The van der Waals surface area contributed by atoms with E-state index in [2.05, 4.69) is 0 Å². The van der Waals surface area contributed by atoms with Crippen LogP contribution in [0.1, 0.15) is 0 Å². The van der Waals surface area contributed by atoms with Gasteiger partial charge in [-0.05, 0) is 35.9 Å². The molecule has 0 saturated heterocycles. The zero-order valence-electron chi connectivity index (χ0n) is 8.37. The van der Waals surface area contributed by atoms with Crippen molar-refractivity contribution in [1.29, 1.82) is 0 Å². The van der Waals surface area contributed by atoms with Crippen LogP contribution in [0, 0.1) is 11.6 Å². The number of nitrogen functional groups attached to an aromatic ring is 2. The summed E-state index contributed by atoms with van der Waals surface area (Å²) in [4.78, 5) is 0. The number of hydrogen-bond donors (Lipinski definition) is 2. The highest BCUT2D eigenvalue weighted by molar-refractivity contribution is 5.72. The second-order valence-electron chi connectivity index (χ2n) is 3.51. The minimum Gasteiger partial charge on any atom is -0.399 e. The van der Waals surface area contributed by atoms with Gasteiger partial charge in [-0.15, -0.1) is 0 Å². The molecule has 4 heteroatoms. The zero-order valence-corrected chi connectivity index (χ0v) is 8.37. The molecule has 0 heterocycles. The number of rotatable bonds is 1. The topological polar surface area (TPSA) is 52.0 Å². The van der Waals surface area contributed by atoms with Gasteiger partial charge in [0.15, 0.2) is 0 Å². The van der Waals surface area contributed by atoms with E-state index in [0.29, 0.717) is 16.9 Å². The molecule has 0 bridgehead atoms. The molecule has 0 aliphatic carbocycles. The fourth-order valence-corrected chi connectivity index (χ4v) is 1.56. The fraction of sp³-hybridized carbons (Fsp3) is 0. The summed E-state index contributed by atoms with van der Waals surface area (Å²) >= 11 is 0. The van der Waals surface area contributed by atoms with Gasteiger partial charge >= 0.3 is 0 Å². The van der Waals surface area contributed by atoms with Crippen molar-refractivity contribution in [3.05, 3.63) is 48.0 Å². The second-order valence-corrected chi connectivity index (χ2v) is 3.51. The summed E-state index contributed by atoms with van der Waals surface area (Å²) in [5.74, 6) is -1.25. The molecule has 2 nitrogen and oxygen atoms in total. The van der Waals surface area contributed by atoms with Crippen LogP contribution in [-0.4, -0.2) is 0 Å². The Balaban J connectivity index is 2.58. The summed E-state index contributed by atoms with van der Waals surface area (Å²) in [5, 5.41) is 0. The van der Waals surface area contributed by atoms with Crippen LogP contribution in [-0.2, 0) is 0 Å². The van der Waals surface area contributed by atoms with Crippen LogP contribution in [0.2, 0.25) is 0 Å². The van der Waals surface area contributed by atoms with Gasteiger partial charge in [-0.1, -0.05) is 0 Å². The lowest BCUT2D eigenvalue weighted by atomic mass is 10.0. The summed E-state index contributed by atoms with van der Waals surface area (Å²) in [6.07, 6.45) is 0. The van der Waals surface area contributed by atoms with Crippen LogP contribution in [0.5, 0.6) is 0 Å².